The molecular formula is C20H21ClN6O2. The number of carbonyl (C=O) groups is 1. The first kappa shape index (κ1) is 19.2. The fourth-order valence-corrected chi connectivity index (χ4v) is 3.28. The second-order valence-electron chi connectivity index (χ2n) is 7.58. The molecule has 4 aromatic heterocycles. The second-order valence-corrected chi connectivity index (χ2v) is 7.96. The van der Waals surface area contributed by atoms with Gasteiger partial charge in [0.25, 0.3) is 0 Å². The van der Waals surface area contributed by atoms with Gasteiger partial charge < -0.3 is 14.7 Å². The van der Waals surface area contributed by atoms with Gasteiger partial charge in [0, 0.05) is 11.9 Å². The zero-order chi connectivity index (χ0) is 20.8. The number of nitrogens with one attached hydrogen (secondary N) is 2. The number of pyridine rings is 2. The van der Waals surface area contributed by atoms with Gasteiger partial charge in [-0.05, 0) is 45.9 Å². The van der Waals surface area contributed by atoms with E-state index in [4.69, 9.17) is 21.3 Å². The van der Waals surface area contributed by atoms with Gasteiger partial charge in [0.1, 0.15) is 27.4 Å². The van der Waals surface area contributed by atoms with Gasteiger partial charge >= 0.3 is 6.09 Å². The van der Waals surface area contributed by atoms with E-state index in [1.807, 2.05) is 45.9 Å². The van der Waals surface area contributed by atoms with Gasteiger partial charge in [-0.15, -0.1) is 0 Å². The topological polar surface area (TPSA) is 99.8 Å². The van der Waals surface area contributed by atoms with Gasteiger partial charge in [-0.2, -0.15) is 0 Å². The molecule has 0 bridgehead atoms. The van der Waals surface area contributed by atoms with Crippen LogP contribution >= 0.6 is 11.6 Å². The molecule has 0 aliphatic carbocycles. The number of nitrogens with zero attached hydrogens (tertiary/aromatic N) is 4. The summed E-state index contributed by atoms with van der Waals surface area (Å²) in [5.74, 6) is 0.453. The summed E-state index contributed by atoms with van der Waals surface area (Å²) in [6, 6.07) is 7.34. The quantitative estimate of drug-likeness (QED) is 0.465. The summed E-state index contributed by atoms with van der Waals surface area (Å²) in [6.45, 7) is 7.75. The van der Waals surface area contributed by atoms with E-state index in [1.54, 1.807) is 12.4 Å². The Bertz CT molecular complexity index is 1210. The van der Waals surface area contributed by atoms with E-state index in [0.717, 1.165) is 11.1 Å². The van der Waals surface area contributed by atoms with E-state index in [-0.39, 0.29) is 0 Å². The van der Waals surface area contributed by atoms with Crippen LogP contribution in [0, 0.1) is 0 Å². The lowest BCUT2D eigenvalue weighted by Gasteiger charge is -2.26. The van der Waals surface area contributed by atoms with Gasteiger partial charge in [0.15, 0.2) is 5.82 Å². The van der Waals surface area contributed by atoms with Crippen molar-refractivity contribution < 1.29 is 9.53 Å². The maximum Gasteiger partial charge on any atom is 0.416 e. The third-order valence-electron chi connectivity index (χ3n) is 4.31. The summed E-state index contributed by atoms with van der Waals surface area (Å²) in [7, 11) is 0. The Morgan fingerprint density at radius 2 is 2.07 bits per heavy atom. The lowest BCUT2D eigenvalue weighted by molar-refractivity contribution is 0.0581. The van der Waals surface area contributed by atoms with Crippen LogP contribution in [0.1, 0.15) is 27.7 Å². The Kier molecular flexibility index (Phi) is 4.66. The van der Waals surface area contributed by atoms with Crippen molar-refractivity contribution in [1.82, 2.24) is 24.9 Å². The highest BCUT2D eigenvalue weighted by atomic mass is 35.5. The molecule has 0 unspecified atom stereocenters. The number of hydrogen-bond acceptors (Lipinski definition) is 5. The molecule has 8 nitrogen and oxygen atoms in total. The van der Waals surface area contributed by atoms with Crippen molar-refractivity contribution in [2.24, 2.45) is 0 Å². The van der Waals surface area contributed by atoms with Crippen molar-refractivity contribution >= 4 is 45.6 Å². The van der Waals surface area contributed by atoms with Gasteiger partial charge in [-0.3, -0.25) is 4.90 Å². The highest BCUT2D eigenvalue weighted by Crippen LogP contribution is 2.32. The molecule has 2 N–H and O–H groups in total. The number of ether oxygens (including phenoxy) is 1. The van der Waals surface area contributed by atoms with Crippen LogP contribution in [0.5, 0.6) is 0 Å². The number of amides is 1. The Hall–Kier alpha value is -3.13. The van der Waals surface area contributed by atoms with Crippen molar-refractivity contribution in [1.29, 1.82) is 0 Å². The normalized spacial score (nSPS) is 11.9. The maximum absolute atomic E-state index is 12.8. The first-order valence-electron chi connectivity index (χ1n) is 9.26. The maximum atomic E-state index is 12.8. The summed E-state index contributed by atoms with van der Waals surface area (Å²) in [5.41, 5.74) is 2.81. The summed E-state index contributed by atoms with van der Waals surface area (Å²) >= 11 is 6.03. The van der Waals surface area contributed by atoms with E-state index in [1.165, 1.54) is 4.90 Å². The average Bonchev–Trinajstić information content (AvgIpc) is 3.27. The Morgan fingerprint density at radius 3 is 2.76 bits per heavy atom. The van der Waals surface area contributed by atoms with Crippen molar-refractivity contribution in [3.05, 3.63) is 35.7 Å². The summed E-state index contributed by atoms with van der Waals surface area (Å²) in [5, 5.41) is 1.23. The molecule has 0 radical (unpaired) electrons. The molecular weight excluding hydrogens is 392 g/mol. The van der Waals surface area contributed by atoms with Crippen LogP contribution in [0.3, 0.4) is 0 Å². The number of hydrogen-bond donors (Lipinski definition) is 2. The number of aromatic nitrogens is 5. The monoisotopic (exact) mass is 412 g/mol. The van der Waals surface area contributed by atoms with E-state index in [0.29, 0.717) is 39.9 Å². The van der Waals surface area contributed by atoms with Crippen molar-refractivity contribution in [2.45, 2.75) is 33.3 Å². The molecule has 4 rings (SSSR count). The van der Waals surface area contributed by atoms with Gasteiger partial charge in [-0.1, -0.05) is 17.7 Å². The number of halogens is 1. The molecule has 0 spiro atoms. The lowest BCUT2D eigenvalue weighted by atomic mass is 10.2. The predicted octanol–water partition coefficient (Wildman–Crippen LogP) is 4.92. The largest absolute Gasteiger partial charge is 0.443 e. The molecule has 29 heavy (non-hydrogen) atoms. The molecule has 0 aliphatic rings. The smallest absolute Gasteiger partial charge is 0.416 e. The Balaban J connectivity index is 1.86. The first-order valence-corrected chi connectivity index (χ1v) is 9.64. The molecule has 0 saturated heterocycles. The minimum Gasteiger partial charge on any atom is -0.443 e. The van der Waals surface area contributed by atoms with Crippen LogP contribution in [0.4, 0.5) is 10.6 Å². The molecule has 9 heteroatoms. The van der Waals surface area contributed by atoms with Crippen molar-refractivity contribution in [3.63, 3.8) is 0 Å². The van der Waals surface area contributed by atoms with E-state index < -0.39 is 11.7 Å². The van der Waals surface area contributed by atoms with Crippen LogP contribution in [0.2, 0.25) is 5.15 Å². The molecule has 0 fully saturated rings. The number of H-pyrrole nitrogens is 2. The highest BCUT2D eigenvalue weighted by Gasteiger charge is 2.26. The predicted molar refractivity (Wildman–Crippen MR) is 113 cm³/mol. The molecule has 0 aromatic carbocycles. The minimum absolute atomic E-state index is 0.394. The summed E-state index contributed by atoms with van der Waals surface area (Å²) in [4.78, 5) is 34.1. The molecule has 0 atom stereocenters. The minimum atomic E-state index is -0.612. The summed E-state index contributed by atoms with van der Waals surface area (Å²) < 4.78 is 5.55. The van der Waals surface area contributed by atoms with Crippen LogP contribution in [-0.4, -0.2) is 43.2 Å². The van der Waals surface area contributed by atoms with Crippen LogP contribution in [0.15, 0.2) is 30.6 Å². The highest BCUT2D eigenvalue weighted by molar-refractivity contribution is 6.29. The van der Waals surface area contributed by atoms with Crippen LogP contribution < -0.4 is 4.90 Å². The van der Waals surface area contributed by atoms with E-state index in [9.17, 15) is 4.79 Å². The molecule has 4 aromatic rings. The van der Waals surface area contributed by atoms with Gasteiger partial charge in [0.2, 0.25) is 0 Å². The summed E-state index contributed by atoms with van der Waals surface area (Å²) in [6.07, 6.45) is 1.12. The van der Waals surface area contributed by atoms with Crippen LogP contribution in [-0.2, 0) is 4.74 Å². The fourth-order valence-electron chi connectivity index (χ4n) is 3.12. The molecule has 0 saturated carbocycles. The lowest BCUT2D eigenvalue weighted by Crippen LogP contribution is -2.37. The number of aromatic amines is 2. The third kappa shape index (κ3) is 3.63. The number of rotatable bonds is 3. The number of anilines is 1. The molecule has 4 heterocycles. The number of fused-ring (bicyclic) bond motifs is 3. The van der Waals surface area contributed by atoms with E-state index >= 15 is 0 Å². The van der Waals surface area contributed by atoms with Crippen molar-refractivity contribution in [3.8, 4) is 11.4 Å². The van der Waals surface area contributed by atoms with Gasteiger partial charge in [-0.25, -0.2) is 19.7 Å². The fraction of sp³-hybridized carbons (Fsp3) is 0.300. The van der Waals surface area contributed by atoms with Crippen LogP contribution in [0.25, 0.3) is 33.5 Å². The number of carbonyl (C=O) groups excluding carboxylic acids is 1. The second kappa shape index (κ2) is 7.04. The average molecular weight is 413 g/mol. The Labute approximate surface area is 172 Å². The molecule has 0 aliphatic heterocycles. The standard InChI is InChI=1S/C20H21ClN6O2/c1-5-27(19(28)29-20(2,3)4)18-16-15(22-10-23-16)11-9-13(25-17(11)26-18)12-7-6-8-14(21)24-12/h6-10H,5H2,1-4H3,(H,22,23)(H,25,26). The zero-order valence-electron chi connectivity index (χ0n) is 16.6. The zero-order valence-corrected chi connectivity index (χ0v) is 17.3. The first-order chi connectivity index (χ1) is 13.8. The number of imidazole rings is 1. The van der Waals surface area contributed by atoms with Crippen molar-refractivity contribution in [2.75, 3.05) is 11.4 Å². The van der Waals surface area contributed by atoms with E-state index in [2.05, 4.69) is 19.9 Å². The third-order valence-corrected chi connectivity index (χ3v) is 4.52. The molecule has 150 valence electrons. The SMILES string of the molecule is CCN(C(=O)OC(C)(C)C)c1nc2[nH]c(-c3cccc(Cl)n3)cc2c2nc[nH]c12. The Morgan fingerprint density at radius 1 is 1.28 bits per heavy atom. The van der Waals surface area contributed by atoms with Gasteiger partial charge in [0.05, 0.1) is 17.7 Å². The molecule has 1 amide bonds.